The van der Waals surface area contributed by atoms with E-state index in [1.807, 2.05) is 0 Å². The first-order valence-corrected chi connectivity index (χ1v) is 11.9. The second-order valence-corrected chi connectivity index (χ2v) is 8.82. The van der Waals surface area contributed by atoms with Crippen LogP contribution in [-0.2, 0) is 6.18 Å². The highest BCUT2D eigenvalue weighted by molar-refractivity contribution is 7.14. The van der Waals surface area contributed by atoms with Gasteiger partial charge < -0.3 is 4.74 Å². The van der Waals surface area contributed by atoms with Gasteiger partial charge in [0.05, 0.1) is 12.2 Å². The van der Waals surface area contributed by atoms with Crippen LogP contribution in [0.15, 0.2) is 18.2 Å². The van der Waals surface area contributed by atoms with Crippen molar-refractivity contribution in [3.63, 3.8) is 0 Å². The summed E-state index contributed by atoms with van der Waals surface area (Å²) in [4.78, 5) is 0. The predicted octanol–water partition coefficient (Wildman–Crippen LogP) is 8.26. The number of ether oxygens (including phenoxy) is 1. The Morgan fingerprint density at radius 2 is 1.67 bits per heavy atom. The molecule has 0 bridgehead atoms. The van der Waals surface area contributed by atoms with Gasteiger partial charge in [0.15, 0.2) is 0 Å². The maximum Gasteiger partial charge on any atom is 0.419 e. The van der Waals surface area contributed by atoms with E-state index < -0.39 is 11.7 Å². The highest BCUT2D eigenvalue weighted by Gasteiger charge is 2.35. The van der Waals surface area contributed by atoms with Crippen LogP contribution in [0.4, 0.5) is 13.2 Å². The van der Waals surface area contributed by atoms with Gasteiger partial charge in [-0.05, 0) is 31.0 Å². The molecule has 0 saturated heterocycles. The number of aromatic nitrogens is 2. The topological polar surface area (TPSA) is 35.0 Å². The monoisotopic (exact) mass is 442 g/mol. The number of hydrogen-bond donors (Lipinski definition) is 0. The summed E-state index contributed by atoms with van der Waals surface area (Å²) in [6.07, 6.45) is 5.10. The molecule has 0 fully saturated rings. The highest BCUT2D eigenvalue weighted by Crippen LogP contribution is 2.40. The smallest absolute Gasteiger partial charge is 0.419 e. The Bertz CT molecular complexity index is 761. The summed E-state index contributed by atoms with van der Waals surface area (Å²) >= 11 is 1.37. The molecule has 0 unspecified atom stereocenters. The van der Waals surface area contributed by atoms with Crippen molar-refractivity contribution in [3.8, 4) is 16.3 Å². The molecule has 3 nitrogen and oxygen atoms in total. The summed E-state index contributed by atoms with van der Waals surface area (Å²) in [6.45, 7) is 6.67. The SMILES string of the molecule is CCCCCCCCOc1ccc(-c2nnc([C@@H](C)CCCC)s2)cc1C(F)(F)F. The van der Waals surface area contributed by atoms with Gasteiger partial charge in [0.25, 0.3) is 0 Å². The normalized spacial score (nSPS) is 12.9. The maximum absolute atomic E-state index is 13.6. The van der Waals surface area contributed by atoms with E-state index in [0.717, 1.165) is 49.6 Å². The molecule has 0 amide bonds. The zero-order chi connectivity index (χ0) is 22.0. The first-order chi connectivity index (χ1) is 14.4. The fourth-order valence-corrected chi connectivity index (χ4v) is 4.18. The first-order valence-electron chi connectivity index (χ1n) is 11.0. The largest absolute Gasteiger partial charge is 0.493 e. The zero-order valence-corrected chi connectivity index (χ0v) is 19.0. The van der Waals surface area contributed by atoms with E-state index in [2.05, 4.69) is 31.0 Å². The van der Waals surface area contributed by atoms with E-state index in [1.54, 1.807) is 6.07 Å². The Morgan fingerprint density at radius 1 is 0.967 bits per heavy atom. The van der Waals surface area contributed by atoms with Crippen molar-refractivity contribution >= 4 is 11.3 Å². The van der Waals surface area contributed by atoms with Crippen molar-refractivity contribution in [2.24, 2.45) is 0 Å². The third-order valence-electron chi connectivity index (χ3n) is 5.14. The molecule has 0 aliphatic rings. The average molecular weight is 443 g/mol. The van der Waals surface area contributed by atoms with Crippen LogP contribution in [0.25, 0.3) is 10.6 Å². The van der Waals surface area contributed by atoms with Crippen molar-refractivity contribution in [2.75, 3.05) is 6.61 Å². The molecule has 0 spiro atoms. The molecule has 1 aromatic carbocycles. The minimum absolute atomic E-state index is 0.110. The molecule has 0 N–H and O–H groups in total. The number of unbranched alkanes of at least 4 members (excludes halogenated alkanes) is 6. The van der Waals surface area contributed by atoms with Gasteiger partial charge in [-0.3, -0.25) is 0 Å². The molecule has 0 aliphatic heterocycles. The fraction of sp³-hybridized carbons (Fsp3) is 0.652. The van der Waals surface area contributed by atoms with Crippen LogP contribution in [-0.4, -0.2) is 16.8 Å². The first kappa shape index (κ1) is 24.6. The second kappa shape index (κ2) is 12.3. The van der Waals surface area contributed by atoms with Crippen LogP contribution >= 0.6 is 11.3 Å². The van der Waals surface area contributed by atoms with E-state index in [1.165, 1.54) is 36.7 Å². The maximum atomic E-state index is 13.6. The molecule has 1 atom stereocenters. The van der Waals surface area contributed by atoms with E-state index in [-0.39, 0.29) is 11.7 Å². The summed E-state index contributed by atoms with van der Waals surface area (Å²) in [7, 11) is 0. The molecule has 1 heterocycles. The molecule has 2 rings (SSSR count). The van der Waals surface area contributed by atoms with Gasteiger partial charge in [0.1, 0.15) is 15.8 Å². The number of benzene rings is 1. The molecule has 7 heteroatoms. The summed E-state index contributed by atoms with van der Waals surface area (Å²) in [6, 6.07) is 4.20. The third kappa shape index (κ3) is 7.56. The summed E-state index contributed by atoms with van der Waals surface area (Å²) in [5.41, 5.74) is -0.317. The van der Waals surface area contributed by atoms with Gasteiger partial charge >= 0.3 is 6.18 Å². The van der Waals surface area contributed by atoms with Gasteiger partial charge in [0, 0.05) is 11.5 Å². The van der Waals surface area contributed by atoms with Gasteiger partial charge in [-0.25, -0.2) is 0 Å². The Kier molecular flexibility index (Phi) is 10.1. The molecule has 1 aromatic heterocycles. The number of alkyl halides is 3. The molecule has 0 radical (unpaired) electrons. The minimum Gasteiger partial charge on any atom is -0.493 e. The van der Waals surface area contributed by atoms with Crippen molar-refractivity contribution in [1.29, 1.82) is 0 Å². The van der Waals surface area contributed by atoms with Crippen LogP contribution in [0.2, 0.25) is 0 Å². The Labute approximate surface area is 182 Å². The lowest BCUT2D eigenvalue weighted by molar-refractivity contribution is -0.138. The standard InChI is InChI=1S/C23H33F3N2OS/c1-4-6-8-9-10-11-15-29-20-14-13-18(16-19(20)23(24,25)26)22-28-27-21(30-22)17(3)12-7-5-2/h13-14,16-17H,4-12,15H2,1-3H3/t17-/m0/s1. The summed E-state index contributed by atoms with van der Waals surface area (Å²) in [5, 5.41) is 9.73. The fourth-order valence-electron chi connectivity index (χ4n) is 3.26. The quantitative estimate of drug-likeness (QED) is 0.293. The lowest BCUT2D eigenvalue weighted by Crippen LogP contribution is -2.09. The van der Waals surface area contributed by atoms with Crippen LogP contribution in [0.5, 0.6) is 5.75 Å². The number of nitrogens with zero attached hydrogens (tertiary/aromatic N) is 2. The highest BCUT2D eigenvalue weighted by atomic mass is 32.1. The number of rotatable bonds is 13. The van der Waals surface area contributed by atoms with E-state index in [9.17, 15) is 13.2 Å². The Morgan fingerprint density at radius 3 is 2.37 bits per heavy atom. The molecule has 168 valence electrons. The van der Waals surface area contributed by atoms with Gasteiger partial charge in [-0.15, -0.1) is 10.2 Å². The van der Waals surface area contributed by atoms with Crippen molar-refractivity contribution in [2.45, 2.75) is 90.7 Å². The summed E-state index contributed by atoms with van der Waals surface area (Å²) in [5.74, 6) is 0.152. The zero-order valence-electron chi connectivity index (χ0n) is 18.2. The summed E-state index contributed by atoms with van der Waals surface area (Å²) < 4.78 is 46.4. The van der Waals surface area contributed by atoms with Gasteiger partial charge in [-0.1, -0.05) is 77.1 Å². The van der Waals surface area contributed by atoms with Crippen LogP contribution < -0.4 is 4.74 Å². The lowest BCUT2D eigenvalue weighted by atomic mass is 10.1. The molecule has 2 aromatic rings. The van der Waals surface area contributed by atoms with Gasteiger partial charge in [0.2, 0.25) is 0 Å². The minimum atomic E-state index is -4.48. The predicted molar refractivity (Wildman–Crippen MR) is 117 cm³/mol. The van der Waals surface area contributed by atoms with Crippen molar-refractivity contribution in [1.82, 2.24) is 10.2 Å². The molecular formula is C23H33F3N2OS. The van der Waals surface area contributed by atoms with Crippen molar-refractivity contribution in [3.05, 3.63) is 28.8 Å². The molecule has 30 heavy (non-hydrogen) atoms. The van der Waals surface area contributed by atoms with E-state index in [4.69, 9.17) is 4.74 Å². The second-order valence-electron chi connectivity index (χ2n) is 7.81. The number of halogens is 3. The molecular weight excluding hydrogens is 409 g/mol. The van der Waals surface area contributed by atoms with E-state index in [0.29, 0.717) is 17.2 Å². The third-order valence-corrected chi connectivity index (χ3v) is 6.34. The average Bonchev–Trinajstić information content (AvgIpc) is 3.21. The Hall–Kier alpha value is -1.63. The van der Waals surface area contributed by atoms with Gasteiger partial charge in [-0.2, -0.15) is 13.2 Å². The number of hydrogen-bond acceptors (Lipinski definition) is 4. The van der Waals surface area contributed by atoms with E-state index >= 15 is 0 Å². The Balaban J connectivity index is 2.06. The van der Waals surface area contributed by atoms with Crippen LogP contribution in [0.1, 0.15) is 95.0 Å². The molecule has 0 saturated carbocycles. The van der Waals surface area contributed by atoms with Crippen LogP contribution in [0, 0.1) is 0 Å². The molecule has 0 aliphatic carbocycles. The van der Waals surface area contributed by atoms with Crippen LogP contribution in [0.3, 0.4) is 0 Å². The van der Waals surface area contributed by atoms with Crippen molar-refractivity contribution < 1.29 is 17.9 Å². The lowest BCUT2D eigenvalue weighted by Gasteiger charge is -2.15.